The Morgan fingerprint density at radius 2 is 1.92 bits per heavy atom. The summed E-state index contributed by atoms with van der Waals surface area (Å²) in [5.74, 6) is 0.526. The van der Waals surface area contributed by atoms with E-state index in [0.717, 1.165) is 62.0 Å². The molecule has 0 unspecified atom stereocenters. The zero-order chi connectivity index (χ0) is 17.2. The Kier molecular flexibility index (Phi) is 4.81. The molecule has 0 N–H and O–H groups in total. The van der Waals surface area contributed by atoms with Gasteiger partial charge in [-0.15, -0.1) is 21.5 Å². The number of piperidine rings is 1. The van der Waals surface area contributed by atoms with Crippen LogP contribution in [0.4, 0.5) is 0 Å². The van der Waals surface area contributed by atoms with Crippen molar-refractivity contribution in [3.63, 3.8) is 0 Å². The van der Waals surface area contributed by atoms with Gasteiger partial charge < -0.3 is 4.90 Å². The summed E-state index contributed by atoms with van der Waals surface area (Å²) < 4.78 is 0. The molecule has 1 amide bonds. The molecule has 0 spiro atoms. The second kappa shape index (κ2) is 7.22. The fraction of sp³-hybridized carbons (Fsp3) is 0.526. The summed E-state index contributed by atoms with van der Waals surface area (Å²) >= 11 is 1.67. The van der Waals surface area contributed by atoms with E-state index in [-0.39, 0.29) is 5.92 Å². The van der Waals surface area contributed by atoms with Gasteiger partial charge in [0.15, 0.2) is 0 Å². The summed E-state index contributed by atoms with van der Waals surface area (Å²) in [5, 5.41) is 10.4. The van der Waals surface area contributed by atoms with Crippen molar-refractivity contribution in [2.24, 2.45) is 5.92 Å². The van der Waals surface area contributed by atoms with Crippen LogP contribution in [-0.2, 0) is 24.3 Å². The van der Waals surface area contributed by atoms with Gasteiger partial charge in [-0.1, -0.05) is 24.3 Å². The molecule has 2 aromatic rings. The summed E-state index contributed by atoms with van der Waals surface area (Å²) in [5.41, 5.74) is 2.71. The molecule has 0 bridgehead atoms. The summed E-state index contributed by atoms with van der Waals surface area (Å²) in [6.07, 6.45) is 2.89. The first kappa shape index (κ1) is 16.7. The topological polar surface area (TPSA) is 49.3 Å². The highest BCUT2D eigenvalue weighted by molar-refractivity contribution is 7.11. The molecule has 0 radical (unpaired) electrons. The van der Waals surface area contributed by atoms with Gasteiger partial charge in [0.25, 0.3) is 0 Å². The first-order valence-electron chi connectivity index (χ1n) is 9.06. The normalized spacial score (nSPS) is 19.0. The minimum atomic E-state index is 0.178. The third-order valence-electron chi connectivity index (χ3n) is 5.31. The molecule has 1 saturated heterocycles. The van der Waals surface area contributed by atoms with Crippen LogP contribution >= 0.6 is 11.3 Å². The van der Waals surface area contributed by atoms with Crippen LogP contribution in [0.5, 0.6) is 0 Å². The van der Waals surface area contributed by atoms with E-state index in [2.05, 4.69) is 44.3 Å². The van der Waals surface area contributed by atoms with Gasteiger partial charge in [0, 0.05) is 19.0 Å². The average molecular weight is 356 g/mol. The van der Waals surface area contributed by atoms with Crippen molar-refractivity contribution in [3.8, 4) is 0 Å². The SMILES string of the molecule is Cc1nnc(CN2CCC(C(=O)N3CCc4ccccc4C3)CC2)s1. The Balaban J connectivity index is 1.31. The van der Waals surface area contributed by atoms with Crippen molar-refractivity contribution >= 4 is 17.2 Å². The molecule has 4 rings (SSSR count). The molecular formula is C19H24N4OS. The number of aryl methyl sites for hydroxylation is 1. The zero-order valence-corrected chi connectivity index (χ0v) is 15.5. The molecule has 3 heterocycles. The predicted molar refractivity (Wildman–Crippen MR) is 98.2 cm³/mol. The number of nitrogens with zero attached hydrogens (tertiary/aromatic N) is 4. The maximum atomic E-state index is 12.9. The van der Waals surface area contributed by atoms with E-state index in [1.54, 1.807) is 11.3 Å². The first-order chi connectivity index (χ1) is 12.2. The molecule has 0 saturated carbocycles. The Morgan fingerprint density at radius 1 is 1.16 bits per heavy atom. The van der Waals surface area contributed by atoms with E-state index >= 15 is 0 Å². The predicted octanol–water partition coefficient (Wildman–Crippen LogP) is 2.64. The summed E-state index contributed by atoms with van der Waals surface area (Å²) in [6.45, 7) is 6.44. The second-order valence-electron chi connectivity index (χ2n) is 7.04. The smallest absolute Gasteiger partial charge is 0.226 e. The van der Waals surface area contributed by atoms with E-state index in [4.69, 9.17) is 0 Å². The van der Waals surface area contributed by atoms with Crippen LogP contribution in [0.3, 0.4) is 0 Å². The summed E-state index contributed by atoms with van der Waals surface area (Å²) in [6, 6.07) is 8.50. The molecule has 0 aliphatic carbocycles. The number of fused-ring (bicyclic) bond motifs is 1. The van der Waals surface area contributed by atoms with Crippen molar-refractivity contribution in [2.75, 3.05) is 19.6 Å². The number of hydrogen-bond acceptors (Lipinski definition) is 5. The number of amides is 1. The van der Waals surface area contributed by atoms with Crippen LogP contribution in [-0.4, -0.2) is 45.5 Å². The number of rotatable bonds is 3. The second-order valence-corrected chi connectivity index (χ2v) is 8.31. The number of benzene rings is 1. The number of likely N-dealkylation sites (tertiary alicyclic amines) is 1. The highest BCUT2D eigenvalue weighted by Crippen LogP contribution is 2.25. The minimum absolute atomic E-state index is 0.178. The summed E-state index contributed by atoms with van der Waals surface area (Å²) in [7, 11) is 0. The zero-order valence-electron chi connectivity index (χ0n) is 14.6. The van der Waals surface area contributed by atoms with Gasteiger partial charge in [-0.25, -0.2) is 0 Å². The molecule has 1 fully saturated rings. The van der Waals surface area contributed by atoms with Gasteiger partial charge in [-0.05, 0) is 50.4 Å². The Bertz CT molecular complexity index is 751. The first-order valence-corrected chi connectivity index (χ1v) is 9.87. The van der Waals surface area contributed by atoms with Gasteiger partial charge in [0.1, 0.15) is 10.0 Å². The van der Waals surface area contributed by atoms with Gasteiger partial charge in [0.05, 0.1) is 6.54 Å². The Morgan fingerprint density at radius 3 is 2.64 bits per heavy atom. The fourth-order valence-corrected chi connectivity index (χ4v) is 4.62. The van der Waals surface area contributed by atoms with Gasteiger partial charge in [-0.2, -0.15) is 0 Å². The van der Waals surface area contributed by atoms with Crippen LogP contribution in [0.2, 0.25) is 0 Å². The lowest BCUT2D eigenvalue weighted by Crippen LogP contribution is -2.44. The van der Waals surface area contributed by atoms with Gasteiger partial charge in [0.2, 0.25) is 5.91 Å². The summed E-state index contributed by atoms with van der Waals surface area (Å²) in [4.78, 5) is 17.4. The van der Waals surface area contributed by atoms with Crippen molar-refractivity contribution < 1.29 is 4.79 Å². The largest absolute Gasteiger partial charge is 0.338 e. The quantitative estimate of drug-likeness (QED) is 0.848. The van der Waals surface area contributed by atoms with E-state index in [0.29, 0.717) is 5.91 Å². The lowest BCUT2D eigenvalue weighted by atomic mass is 9.93. The molecule has 25 heavy (non-hydrogen) atoms. The molecule has 6 heteroatoms. The highest BCUT2D eigenvalue weighted by Gasteiger charge is 2.30. The van der Waals surface area contributed by atoms with E-state index in [9.17, 15) is 4.79 Å². The van der Waals surface area contributed by atoms with Crippen molar-refractivity contribution in [1.29, 1.82) is 0 Å². The van der Waals surface area contributed by atoms with Crippen molar-refractivity contribution in [2.45, 2.75) is 39.3 Å². The van der Waals surface area contributed by atoms with E-state index in [1.807, 2.05) is 6.92 Å². The molecule has 1 aromatic carbocycles. The Labute approximate surface area is 152 Å². The standard InChI is InChI=1S/C19H24N4OS/c1-14-20-21-18(25-14)13-22-9-6-16(7-10-22)19(24)23-11-8-15-4-2-3-5-17(15)12-23/h2-5,16H,6-13H2,1H3. The third-order valence-corrected chi connectivity index (χ3v) is 6.13. The van der Waals surface area contributed by atoms with Crippen LogP contribution in [0.15, 0.2) is 24.3 Å². The van der Waals surface area contributed by atoms with Crippen LogP contribution in [0, 0.1) is 12.8 Å². The Hall–Kier alpha value is -1.79. The molecule has 2 aliphatic heterocycles. The number of hydrogen-bond donors (Lipinski definition) is 0. The van der Waals surface area contributed by atoms with Gasteiger partial charge in [-0.3, -0.25) is 9.69 Å². The highest BCUT2D eigenvalue weighted by atomic mass is 32.1. The molecule has 0 atom stereocenters. The fourth-order valence-electron chi connectivity index (χ4n) is 3.87. The van der Waals surface area contributed by atoms with E-state index < -0.39 is 0 Å². The molecule has 1 aromatic heterocycles. The van der Waals surface area contributed by atoms with Crippen LogP contribution < -0.4 is 0 Å². The minimum Gasteiger partial charge on any atom is -0.338 e. The maximum absolute atomic E-state index is 12.9. The van der Waals surface area contributed by atoms with Gasteiger partial charge >= 0.3 is 0 Å². The lowest BCUT2D eigenvalue weighted by Gasteiger charge is -2.35. The van der Waals surface area contributed by atoms with Crippen molar-refractivity contribution in [3.05, 3.63) is 45.4 Å². The maximum Gasteiger partial charge on any atom is 0.226 e. The van der Waals surface area contributed by atoms with Crippen molar-refractivity contribution in [1.82, 2.24) is 20.0 Å². The third kappa shape index (κ3) is 3.75. The number of aromatic nitrogens is 2. The van der Waals surface area contributed by atoms with Crippen LogP contribution in [0.1, 0.15) is 34.0 Å². The number of carbonyl (C=O) groups is 1. The lowest BCUT2D eigenvalue weighted by molar-refractivity contribution is -0.138. The molecule has 132 valence electrons. The average Bonchev–Trinajstić information content (AvgIpc) is 3.06. The van der Waals surface area contributed by atoms with Crippen LogP contribution in [0.25, 0.3) is 0 Å². The molecular weight excluding hydrogens is 332 g/mol. The number of carbonyl (C=O) groups excluding carboxylic acids is 1. The molecule has 5 nitrogen and oxygen atoms in total. The van der Waals surface area contributed by atoms with E-state index in [1.165, 1.54) is 11.1 Å². The monoisotopic (exact) mass is 356 g/mol. The molecule has 2 aliphatic rings.